The van der Waals surface area contributed by atoms with Crippen LogP contribution in [0.25, 0.3) is 0 Å². The molecule has 3 nitrogen and oxygen atoms in total. The van der Waals surface area contributed by atoms with E-state index in [4.69, 9.17) is 5.73 Å². The van der Waals surface area contributed by atoms with Gasteiger partial charge in [0.1, 0.15) is 5.84 Å². The van der Waals surface area contributed by atoms with Crippen molar-refractivity contribution in [2.75, 3.05) is 0 Å². The normalized spacial score (nSPS) is 20.5. The van der Waals surface area contributed by atoms with Crippen LogP contribution in [0.3, 0.4) is 0 Å². The Morgan fingerprint density at radius 2 is 2.07 bits per heavy atom. The van der Waals surface area contributed by atoms with E-state index in [0.717, 1.165) is 18.8 Å². The van der Waals surface area contributed by atoms with Crippen molar-refractivity contribution >= 4 is 5.84 Å². The zero-order chi connectivity index (χ0) is 10.8. The van der Waals surface area contributed by atoms with Gasteiger partial charge in [-0.1, -0.05) is 29.8 Å². The summed E-state index contributed by atoms with van der Waals surface area (Å²) in [4.78, 5) is 0. The smallest absolute Gasteiger partial charge is 0.121 e. The minimum atomic E-state index is 0.423. The fraction of sp³-hybridized carbons (Fsp3) is 0.417. The number of rotatable bonds is 2. The summed E-state index contributed by atoms with van der Waals surface area (Å²) in [5.41, 5.74) is 8.27. The van der Waals surface area contributed by atoms with Crippen molar-refractivity contribution in [3.63, 3.8) is 0 Å². The molecule has 1 heterocycles. The van der Waals surface area contributed by atoms with E-state index in [1.54, 1.807) is 0 Å². The van der Waals surface area contributed by atoms with Crippen molar-refractivity contribution in [3.05, 3.63) is 35.4 Å². The van der Waals surface area contributed by atoms with E-state index in [9.17, 15) is 0 Å². The molecule has 1 aliphatic rings. The van der Waals surface area contributed by atoms with E-state index in [2.05, 4.69) is 48.2 Å². The summed E-state index contributed by atoms with van der Waals surface area (Å²) in [6.07, 6.45) is 0.881. The molecule has 1 aliphatic heterocycles. The van der Waals surface area contributed by atoms with Gasteiger partial charge in [-0.3, -0.25) is 5.01 Å². The first-order valence-corrected chi connectivity index (χ1v) is 5.30. The van der Waals surface area contributed by atoms with Crippen molar-refractivity contribution in [2.45, 2.75) is 32.9 Å². The molecule has 0 saturated carbocycles. The van der Waals surface area contributed by atoms with Crippen molar-refractivity contribution in [2.24, 2.45) is 10.8 Å². The van der Waals surface area contributed by atoms with Crippen LogP contribution in [-0.4, -0.2) is 16.9 Å². The maximum absolute atomic E-state index is 5.70. The topological polar surface area (TPSA) is 41.6 Å². The number of nitrogens with zero attached hydrogens (tertiary/aromatic N) is 2. The predicted molar refractivity (Wildman–Crippen MR) is 62.4 cm³/mol. The van der Waals surface area contributed by atoms with Crippen LogP contribution in [0.1, 0.15) is 24.5 Å². The Balaban J connectivity index is 2.06. The van der Waals surface area contributed by atoms with Crippen molar-refractivity contribution in [1.29, 1.82) is 0 Å². The first-order chi connectivity index (χ1) is 7.15. The zero-order valence-electron chi connectivity index (χ0n) is 9.27. The van der Waals surface area contributed by atoms with Crippen LogP contribution in [0.4, 0.5) is 0 Å². The molecule has 3 heteroatoms. The molecular formula is C12H17N3. The van der Waals surface area contributed by atoms with Crippen LogP contribution in [-0.2, 0) is 6.54 Å². The highest BCUT2D eigenvalue weighted by Gasteiger charge is 2.20. The SMILES string of the molecule is Cc1ccc(CN2N=C(N)CC2C)cc1. The first kappa shape index (κ1) is 10.0. The van der Waals surface area contributed by atoms with Gasteiger partial charge in [0.05, 0.1) is 12.6 Å². The van der Waals surface area contributed by atoms with Gasteiger partial charge in [0.15, 0.2) is 0 Å². The maximum atomic E-state index is 5.70. The molecule has 1 unspecified atom stereocenters. The van der Waals surface area contributed by atoms with Crippen molar-refractivity contribution < 1.29 is 0 Å². The lowest BCUT2D eigenvalue weighted by Crippen LogP contribution is -2.23. The molecule has 1 atom stereocenters. The Labute approximate surface area is 90.6 Å². The van der Waals surface area contributed by atoms with Gasteiger partial charge in [-0.15, -0.1) is 0 Å². The number of amidine groups is 1. The van der Waals surface area contributed by atoms with Gasteiger partial charge < -0.3 is 5.73 Å². The minimum Gasteiger partial charge on any atom is -0.386 e. The van der Waals surface area contributed by atoms with E-state index in [1.807, 2.05) is 0 Å². The van der Waals surface area contributed by atoms with Gasteiger partial charge in [-0.25, -0.2) is 0 Å². The number of nitrogens with two attached hydrogens (primary N) is 1. The second kappa shape index (κ2) is 3.93. The van der Waals surface area contributed by atoms with Gasteiger partial charge in [-0.05, 0) is 19.4 Å². The van der Waals surface area contributed by atoms with Crippen LogP contribution >= 0.6 is 0 Å². The highest BCUT2D eigenvalue weighted by molar-refractivity contribution is 5.81. The molecule has 80 valence electrons. The third-order valence-electron chi connectivity index (χ3n) is 2.74. The lowest BCUT2D eigenvalue weighted by Gasteiger charge is -2.19. The van der Waals surface area contributed by atoms with Crippen LogP contribution in [0.5, 0.6) is 0 Å². The molecule has 0 aliphatic carbocycles. The molecule has 15 heavy (non-hydrogen) atoms. The molecule has 0 amide bonds. The van der Waals surface area contributed by atoms with Crippen LogP contribution in [0.2, 0.25) is 0 Å². The van der Waals surface area contributed by atoms with Crippen LogP contribution in [0, 0.1) is 6.92 Å². The summed E-state index contributed by atoms with van der Waals surface area (Å²) in [6, 6.07) is 8.97. The number of benzene rings is 1. The van der Waals surface area contributed by atoms with Crippen LogP contribution < -0.4 is 5.73 Å². The van der Waals surface area contributed by atoms with Gasteiger partial charge in [0.25, 0.3) is 0 Å². The van der Waals surface area contributed by atoms with E-state index in [0.29, 0.717) is 6.04 Å². The Hall–Kier alpha value is -1.51. The van der Waals surface area contributed by atoms with Crippen molar-refractivity contribution in [3.8, 4) is 0 Å². The summed E-state index contributed by atoms with van der Waals surface area (Å²) >= 11 is 0. The summed E-state index contributed by atoms with van der Waals surface area (Å²) in [6.45, 7) is 5.10. The highest BCUT2D eigenvalue weighted by Crippen LogP contribution is 2.16. The summed E-state index contributed by atoms with van der Waals surface area (Å²) < 4.78 is 0. The molecule has 0 bridgehead atoms. The molecule has 2 N–H and O–H groups in total. The monoisotopic (exact) mass is 203 g/mol. The van der Waals surface area contributed by atoms with Crippen molar-refractivity contribution in [1.82, 2.24) is 5.01 Å². The fourth-order valence-corrected chi connectivity index (χ4v) is 1.78. The lowest BCUT2D eigenvalue weighted by molar-refractivity contribution is 0.236. The van der Waals surface area contributed by atoms with Crippen LogP contribution in [0.15, 0.2) is 29.4 Å². The Morgan fingerprint density at radius 1 is 1.40 bits per heavy atom. The minimum absolute atomic E-state index is 0.423. The Bertz CT molecular complexity index is 367. The Kier molecular flexibility index (Phi) is 2.62. The average Bonchev–Trinajstić information content (AvgIpc) is 2.49. The number of hydrogen-bond acceptors (Lipinski definition) is 3. The van der Waals surface area contributed by atoms with E-state index >= 15 is 0 Å². The first-order valence-electron chi connectivity index (χ1n) is 5.30. The number of hydrogen-bond donors (Lipinski definition) is 1. The predicted octanol–water partition coefficient (Wildman–Crippen LogP) is 1.86. The zero-order valence-corrected chi connectivity index (χ0v) is 9.27. The van der Waals surface area contributed by atoms with Gasteiger partial charge in [-0.2, -0.15) is 5.10 Å². The fourth-order valence-electron chi connectivity index (χ4n) is 1.78. The molecule has 0 saturated heterocycles. The maximum Gasteiger partial charge on any atom is 0.121 e. The second-order valence-corrected chi connectivity index (χ2v) is 4.23. The highest BCUT2D eigenvalue weighted by atomic mass is 15.5. The quantitative estimate of drug-likeness (QED) is 0.797. The second-order valence-electron chi connectivity index (χ2n) is 4.23. The number of hydrazone groups is 1. The Morgan fingerprint density at radius 3 is 2.60 bits per heavy atom. The van der Waals surface area contributed by atoms with E-state index in [1.165, 1.54) is 11.1 Å². The summed E-state index contributed by atoms with van der Waals surface area (Å²) in [5, 5.41) is 6.37. The summed E-state index contributed by atoms with van der Waals surface area (Å²) in [7, 11) is 0. The average molecular weight is 203 g/mol. The van der Waals surface area contributed by atoms with E-state index < -0.39 is 0 Å². The number of aryl methyl sites for hydroxylation is 1. The van der Waals surface area contributed by atoms with Gasteiger partial charge >= 0.3 is 0 Å². The van der Waals surface area contributed by atoms with Gasteiger partial charge in [0.2, 0.25) is 0 Å². The molecule has 1 aromatic carbocycles. The van der Waals surface area contributed by atoms with E-state index in [-0.39, 0.29) is 0 Å². The lowest BCUT2D eigenvalue weighted by atomic mass is 10.1. The molecule has 0 aromatic heterocycles. The van der Waals surface area contributed by atoms with Gasteiger partial charge in [0, 0.05) is 6.42 Å². The largest absolute Gasteiger partial charge is 0.386 e. The standard InChI is InChI=1S/C12H17N3/c1-9-3-5-11(6-4-9)8-15-10(2)7-12(13)14-15/h3-6,10H,7-8H2,1-2H3,(H2,13,14). The molecule has 1 aromatic rings. The molecule has 0 fully saturated rings. The molecule has 2 rings (SSSR count). The third-order valence-corrected chi connectivity index (χ3v) is 2.74. The molecule has 0 radical (unpaired) electrons. The summed E-state index contributed by atoms with van der Waals surface area (Å²) in [5.74, 6) is 0.745. The molecule has 0 spiro atoms. The third kappa shape index (κ3) is 2.29. The molecular weight excluding hydrogens is 186 g/mol.